The molecule has 1 aromatic rings. The second kappa shape index (κ2) is 6.85. The zero-order valence-electron chi connectivity index (χ0n) is 11.6. The van der Waals surface area contributed by atoms with Crippen molar-refractivity contribution in [3.63, 3.8) is 0 Å². The molecule has 20 heavy (non-hydrogen) atoms. The summed E-state index contributed by atoms with van der Waals surface area (Å²) in [6.07, 6.45) is 3.53. The van der Waals surface area contributed by atoms with E-state index in [0.717, 1.165) is 50.3 Å². The highest BCUT2D eigenvalue weighted by Crippen LogP contribution is 2.28. The standard InChI is InChI=1S/C16H20BrNO2/c17-15-6-2-1-5-14(15)16-11-18(7-9-20-16)10-13-4-3-8-19-12-13/h1-2,4-6,16H,3,7-12H2/t16-/m1/s1. The third-order valence-electron chi connectivity index (χ3n) is 3.81. The van der Waals surface area contributed by atoms with Crippen LogP contribution in [0.2, 0.25) is 0 Å². The fourth-order valence-corrected chi connectivity index (χ4v) is 3.32. The summed E-state index contributed by atoms with van der Waals surface area (Å²) in [5.41, 5.74) is 2.65. The van der Waals surface area contributed by atoms with Crippen molar-refractivity contribution in [1.29, 1.82) is 0 Å². The van der Waals surface area contributed by atoms with Crippen LogP contribution in [0.5, 0.6) is 0 Å². The predicted molar refractivity (Wildman–Crippen MR) is 82.8 cm³/mol. The summed E-state index contributed by atoms with van der Waals surface area (Å²) in [6, 6.07) is 8.33. The normalized spacial score (nSPS) is 24.4. The van der Waals surface area contributed by atoms with E-state index in [1.807, 2.05) is 6.07 Å². The summed E-state index contributed by atoms with van der Waals surface area (Å²) in [5, 5.41) is 0. The Morgan fingerprint density at radius 1 is 1.25 bits per heavy atom. The molecule has 0 bridgehead atoms. The van der Waals surface area contributed by atoms with Crippen LogP contribution >= 0.6 is 15.9 Å². The Hall–Kier alpha value is -0.680. The molecule has 1 aromatic carbocycles. The Balaban J connectivity index is 1.64. The van der Waals surface area contributed by atoms with Crippen LogP contribution in [0, 0.1) is 0 Å². The number of benzene rings is 1. The van der Waals surface area contributed by atoms with Gasteiger partial charge in [0.1, 0.15) is 0 Å². The minimum atomic E-state index is 0.157. The van der Waals surface area contributed by atoms with Gasteiger partial charge in [0.05, 0.1) is 25.9 Å². The van der Waals surface area contributed by atoms with Crippen LogP contribution in [0.4, 0.5) is 0 Å². The van der Waals surface area contributed by atoms with E-state index >= 15 is 0 Å². The van der Waals surface area contributed by atoms with Crippen LogP contribution in [0.15, 0.2) is 40.4 Å². The van der Waals surface area contributed by atoms with Crippen LogP contribution < -0.4 is 0 Å². The lowest BCUT2D eigenvalue weighted by Gasteiger charge is -2.34. The number of ether oxygens (including phenoxy) is 2. The highest BCUT2D eigenvalue weighted by atomic mass is 79.9. The Labute approximate surface area is 128 Å². The van der Waals surface area contributed by atoms with Gasteiger partial charge in [0.25, 0.3) is 0 Å². The van der Waals surface area contributed by atoms with Crippen molar-refractivity contribution in [3.8, 4) is 0 Å². The smallest absolute Gasteiger partial charge is 0.0963 e. The Kier molecular flexibility index (Phi) is 4.89. The van der Waals surface area contributed by atoms with E-state index < -0.39 is 0 Å². The first-order valence-corrected chi connectivity index (χ1v) is 7.96. The van der Waals surface area contributed by atoms with Crippen molar-refractivity contribution in [2.24, 2.45) is 0 Å². The third-order valence-corrected chi connectivity index (χ3v) is 4.53. The molecule has 0 spiro atoms. The molecule has 1 atom stereocenters. The highest BCUT2D eigenvalue weighted by Gasteiger charge is 2.24. The Morgan fingerprint density at radius 2 is 2.15 bits per heavy atom. The molecular formula is C16H20BrNO2. The first-order chi connectivity index (χ1) is 9.83. The lowest BCUT2D eigenvalue weighted by Crippen LogP contribution is -2.40. The Bertz CT molecular complexity index is 489. The van der Waals surface area contributed by atoms with Crippen molar-refractivity contribution >= 4 is 15.9 Å². The number of rotatable bonds is 3. The van der Waals surface area contributed by atoms with Crippen LogP contribution in [0.25, 0.3) is 0 Å². The largest absolute Gasteiger partial charge is 0.377 e. The molecule has 3 nitrogen and oxygen atoms in total. The molecule has 3 rings (SSSR count). The quantitative estimate of drug-likeness (QED) is 0.791. The zero-order chi connectivity index (χ0) is 13.8. The molecule has 1 saturated heterocycles. The van der Waals surface area contributed by atoms with E-state index in [2.05, 4.69) is 45.1 Å². The van der Waals surface area contributed by atoms with Gasteiger partial charge in [-0.15, -0.1) is 0 Å². The minimum Gasteiger partial charge on any atom is -0.377 e. The third kappa shape index (κ3) is 3.50. The lowest BCUT2D eigenvalue weighted by atomic mass is 10.1. The summed E-state index contributed by atoms with van der Waals surface area (Å²) in [7, 11) is 0. The van der Waals surface area contributed by atoms with Crippen molar-refractivity contribution in [1.82, 2.24) is 4.90 Å². The second-order valence-corrected chi connectivity index (χ2v) is 6.17. The van der Waals surface area contributed by atoms with Gasteiger partial charge in [0.2, 0.25) is 0 Å². The highest BCUT2D eigenvalue weighted by molar-refractivity contribution is 9.10. The summed E-state index contributed by atoms with van der Waals surface area (Å²) >= 11 is 3.62. The van der Waals surface area contributed by atoms with E-state index in [-0.39, 0.29) is 6.10 Å². The lowest BCUT2D eigenvalue weighted by molar-refractivity contribution is -0.0284. The first-order valence-electron chi connectivity index (χ1n) is 7.17. The summed E-state index contributed by atoms with van der Waals surface area (Å²) in [6.45, 7) is 5.39. The minimum absolute atomic E-state index is 0.157. The SMILES string of the molecule is Brc1ccccc1[C@H]1CN(CC2=CCCOC2)CCO1. The topological polar surface area (TPSA) is 21.7 Å². The molecule has 108 valence electrons. The van der Waals surface area contributed by atoms with Crippen LogP contribution in [-0.4, -0.2) is 44.4 Å². The summed E-state index contributed by atoms with van der Waals surface area (Å²) in [4.78, 5) is 2.47. The number of halogens is 1. The zero-order valence-corrected chi connectivity index (χ0v) is 13.1. The number of morpholine rings is 1. The molecule has 2 heterocycles. The maximum atomic E-state index is 5.94. The Morgan fingerprint density at radius 3 is 2.95 bits per heavy atom. The molecule has 0 aromatic heterocycles. The van der Waals surface area contributed by atoms with Gasteiger partial charge in [-0.05, 0) is 23.6 Å². The number of nitrogens with zero attached hydrogens (tertiary/aromatic N) is 1. The fourth-order valence-electron chi connectivity index (χ4n) is 2.78. The average Bonchev–Trinajstić information content (AvgIpc) is 2.49. The van der Waals surface area contributed by atoms with Crippen molar-refractivity contribution in [3.05, 3.63) is 46.0 Å². The fraction of sp³-hybridized carbons (Fsp3) is 0.500. The van der Waals surface area contributed by atoms with Gasteiger partial charge in [-0.1, -0.05) is 40.2 Å². The van der Waals surface area contributed by atoms with Crippen LogP contribution in [0.1, 0.15) is 18.1 Å². The number of hydrogen-bond acceptors (Lipinski definition) is 3. The van der Waals surface area contributed by atoms with Crippen LogP contribution in [-0.2, 0) is 9.47 Å². The van der Waals surface area contributed by atoms with Crippen molar-refractivity contribution in [2.45, 2.75) is 12.5 Å². The van der Waals surface area contributed by atoms with E-state index in [1.54, 1.807) is 0 Å². The molecule has 0 aliphatic carbocycles. The van der Waals surface area contributed by atoms with Gasteiger partial charge in [-0.25, -0.2) is 0 Å². The maximum Gasteiger partial charge on any atom is 0.0963 e. The molecule has 0 unspecified atom stereocenters. The molecule has 0 radical (unpaired) electrons. The van der Waals surface area contributed by atoms with E-state index in [4.69, 9.17) is 9.47 Å². The predicted octanol–water partition coefficient (Wildman–Crippen LogP) is 3.17. The molecule has 0 N–H and O–H groups in total. The molecule has 2 aliphatic heterocycles. The molecule has 0 amide bonds. The summed E-state index contributed by atoms with van der Waals surface area (Å²) < 4.78 is 12.6. The first kappa shape index (κ1) is 14.3. The molecule has 1 fully saturated rings. The van der Waals surface area contributed by atoms with Gasteiger partial charge in [-0.2, -0.15) is 0 Å². The van der Waals surface area contributed by atoms with Gasteiger partial charge in [-0.3, -0.25) is 4.90 Å². The van der Waals surface area contributed by atoms with E-state index in [9.17, 15) is 0 Å². The van der Waals surface area contributed by atoms with Crippen LogP contribution in [0.3, 0.4) is 0 Å². The van der Waals surface area contributed by atoms with Crippen molar-refractivity contribution < 1.29 is 9.47 Å². The molecule has 0 saturated carbocycles. The van der Waals surface area contributed by atoms with Crippen molar-refractivity contribution in [2.75, 3.05) is 39.5 Å². The monoisotopic (exact) mass is 337 g/mol. The molecular weight excluding hydrogens is 318 g/mol. The number of hydrogen-bond donors (Lipinski definition) is 0. The van der Waals surface area contributed by atoms with Gasteiger partial charge >= 0.3 is 0 Å². The molecule has 4 heteroatoms. The van der Waals surface area contributed by atoms with E-state index in [1.165, 1.54) is 11.1 Å². The second-order valence-electron chi connectivity index (χ2n) is 5.32. The average molecular weight is 338 g/mol. The van der Waals surface area contributed by atoms with E-state index in [0.29, 0.717) is 0 Å². The van der Waals surface area contributed by atoms with Gasteiger partial charge < -0.3 is 9.47 Å². The summed E-state index contributed by atoms with van der Waals surface area (Å²) in [5.74, 6) is 0. The maximum absolute atomic E-state index is 5.94. The molecule has 2 aliphatic rings. The van der Waals surface area contributed by atoms with Gasteiger partial charge in [0, 0.05) is 24.1 Å². The van der Waals surface area contributed by atoms with Gasteiger partial charge in [0.15, 0.2) is 0 Å².